The normalized spacial score (nSPS) is 20.6. The first-order valence-electron chi connectivity index (χ1n) is 5.85. The summed E-state index contributed by atoms with van der Waals surface area (Å²) in [6.07, 6.45) is 2.74. The first kappa shape index (κ1) is 12.0. The summed E-state index contributed by atoms with van der Waals surface area (Å²) in [7, 11) is 0. The summed E-state index contributed by atoms with van der Waals surface area (Å²) in [6.45, 7) is 0.909. The van der Waals surface area contributed by atoms with E-state index in [1.807, 2.05) is 11.0 Å². The fraction of sp³-hybridized carbons (Fsp3) is 0.462. The van der Waals surface area contributed by atoms with Crippen molar-refractivity contribution in [1.29, 1.82) is 0 Å². The van der Waals surface area contributed by atoms with Crippen LogP contribution in [-0.4, -0.2) is 35.1 Å². The minimum Gasteiger partial charge on any atom is -0.480 e. The van der Waals surface area contributed by atoms with Crippen molar-refractivity contribution in [2.75, 3.05) is 13.1 Å². The van der Waals surface area contributed by atoms with E-state index in [1.54, 1.807) is 6.07 Å². The van der Waals surface area contributed by atoms with E-state index in [0.717, 1.165) is 31.4 Å². The third-order valence-electron chi connectivity index (χ3n) is 3.20. The van der Waals surface area contributed by atoms with E-state index in [-0.39, 0.29) is 18.4 Å². The lowest BCUT2D eigenvalue weighted by Crippen LogP contribution is -2.35. The molecule has 0 saturated carbocycles. The van der Waals surface area contributed by atoms with Crippen LogP contribution in [-0.2, 0) is 11.2 Å². The molecule has 1 aromatic carbocycles. The van der Waals surface area contributed by atoms with Crippen LogP contribution in [0.25, 0.3) is 0 Å². The maximum Gasteiger partial charge on any atom is 0.317 e. The molecule has 0 aromatic heterocycles. The van der Waals surface area contributed by atoms with E-state index in [0.29, 0.717) is 0 Å². The molecule has 0 bridgehead atoms. The van der Waals surface area contributed by atoms with Crippen molar-refractivity contribution in [2.45, 2.75) is 25.3 Å². The highest BCUT2D eigenvalue weighted by Gasteiger charge is 2.26. The molecule has 0 spiro atoms. The minimum absolute atomic E-state index is 0.0833. The number of aliphatic carboxylic acids is 1. The predicted octanol–water partition coefficient (Wildman–Crippen LogP) is 1.92. The summed E-state index contributed by atoms with van der Waals surface area (Å²) >= 11 is 0. The maximum absolute atomic E-state index is 13.0. The third-order valence-corrected chi connectivity index (χ3v) is 3.20. The van der Waals surface area contributed by atoms with Crippen LogP contribution >= 0.6 is 0 Å². The standard InChI is InChI=1S/C13H16FNO2/c14-11-4-1-3-10(7-11)8-12-5-2-6-15(12)9-13(16)17/h1,3-4,7,12H,2,5-6,8-9H2,(H,16,17)/t12-/m1/s1. The highest BCUT2D eigenvalue weighted by Crippen LogP contribution is 2.21. The van der Waals surface area contributed by atoms with Gasteiger partial charge in [0.1, 0.15) is 5.82 Å². The molecule has 4 heteroatoms. The van der Waals surface area contributed by atoms with E-state index in [4.69, 9.17) is 5.11 Å². The zero-order valence-corrected chi connectivity index (χ0v) is 9.60. The highest BCUT2D eigenvalue weighted by molar-refractivity contribution is 5.69. The van der Waals surface area contributed by atoms with Gasteiger partial charge in [0.15, 0.2) is 0 Å². The Kier molecular flexibility index (Phi) is 3.74. The minimum atomic E-state index is -0.795. The van der Waals surface area contributed by atoms with E-state index in [9.17, 15) is 9.18 Å². The van der Waals surface area contributed by atoms with Crippen molar-refractivity contribution < 1.29 is 14.3 Å². The van der Waals surface area contributed by atoms with Gasteiger partial charge >= 0.3 is 5.97 Å². The van der Waals surface area contributed by atoms with Crippen LogP contribution < -0.4 is 0 Å². The van der Waals surface area contributed by atoms with Gasteiger partial charge < -0.3 is 5.11 Å². The van der Waals surface area contributed by atoms with Crippen molar-refractivity contribution in [1.82, 2.24) is 4.90 Å². The molecule has 1 aromatic rings. The Morgan fingerprint density at radius 1 is 1.53 bits per heavy atom. The molecule has 92 valence electrons. The number of hydrogen-bond acceptors (Lipinski definition) is 2. The Morgan fingerprint density at radius 2 is 2.35 bits per heavy atom. The van der Waals surface area contributed by atoms with Crippen LogP contribution in [0.5, 0.6) is 0 Å². The van der Waals surface area contributed by atoms with Crippen molar-refractivity contribution in [3.05, 3.63) is 35.6 Å². The number of benzene rings is 1. The van der Waals surface area contributed by atoms with E-state index >= 15 is 0 Å². The van der Waals surface area contributed by atoms with Crippen LogP contribution in [0.2, 0.25) is 0 Å². The van der Waals surface area contributed by atoms with Crippen LogP contribution in [0.3, 0.4) is 0 Å². The summed E-state index contributed by atoms with van der Waals surface area (Å²) in [6, 6.07) is 6.76. The number of likely N-dealkylation sites (tertiary alicyclic amines) is 1. The molecular formula is C13H16FNO2. The van der Waals surface area contributed by atoms with E-state index in [2.05, 4.69) is 0 Å². The first-order valence-corrected chi connectivity index (χ1v) is 5.85. The van der Waals surface area contributed by atoms with Gasteiger partial charge in [-0.15, -0.1) is 0 Å². The Labute approximate surface area is 99.9 Å². The smallest absolute Gasteiger partial charge is 0.317 e. The molecule has 1 aliphatic rings. The fourth-order valence-corrected chi connectivity index (χ4v) is 2.44. The molecule has 1 N–H and O–H groups in total. The average molecular weight is 237 g/mol. The summed E-state index contributed by atoms with van der Waals surface area (Å²) in [5.41, 5.74) is 0.937. The molecular weight excluding hydrogens is 221 g/mol. The molecule has 0 aliphatic carbocycles. The summed E-state index contributed by atoms with van der Waals surface area (Å²) < 4.78 is 13.0. The van der Waals surface area contributed by atoms with Crippen LogP contribution in [0.1, 0.15) is 18.4 Å². The second-order valence-corrected chi connectivity index (χ2v) is 4.49. The lowest BCUT2D eigenvalue weighted by atomic mass is 10.0. The third kappa shape index (κ3) is 3.27. The van der Waals surface area contributed by atoms with E-state index in [1.165, 1.54) is 12.1 Å². The van der Waals surface area contributed by atoms with Gasteiger partial charge in [0.25, 0.3) is 0 Å². The second kappa shape index (κ2) is 5.27. The lowest BCUT2D eigenvalue weighted by Gasteiger charge is -2.22. The summed E-state index contributed by atoms with van der Waals surface area (Å²) in [5, 5.41) is 8.80. The number of carboxylic acid groups (broad SMARTS) is 1. The Balaban J connectivity index is 2.00. The molecule has 1 heterocycles. The van der Waals surface area contributed by atoms with Crippen LogP contribution in [0, 0.1) is 5.82 Å². The molecule has 1 atom stereocenters. The van der Waals surface area contributed by atoms with Gasteiger partial charge in [-0.2, -0.15) is 0 Å². The maximum atomic E-state index is 13.0. The predicted molar refractivity (Wildman–Crippen MR) is 62.3 cm³/mol. The Hall–Kier alpha value is -1.42. The number of nitrogens with zero attached hydrogens (tertiary/aromatic N) is 1. The molecule has 0 unspecified atom stereocenters. The number of carbonyl (C=O) groups is 1. The van der Waals surface area contributed by atoms with Crippen molar-refractivity contribution in [2.24, 2.45) is 0 Å². The molecule has 1 aliphatic heterocycles. The summed E-state index contributed by atoms with van der Waals surface area (Å²) in [5.74, 6) is -1.03. The number of carboxylic acids is 1. The van der Waals surface area contributed by atoms with Gasteiger partial charge in [-0.1, -0.05) is 12.1 Å². The zero-order chi connectivity index (χ0) is 12.3. The monoisotopic (exact) mass is 237 g/mol. The van der Waals surface area contributed by atoms with Crippen molar-refractivity contribution >= 4 is 5.97 Å². The largest absolute Gasteiger partial charge is 0.480 e. The SMILES string of the molecule is O=C(O)CN1CCC[C@@H]1Cc1cccc(F)c1. The summed E-state index contributed by atoms with van der Waals surface area (Å²) in [4.78, 5) is 12.7. The van der Waals surface area contributed by atoms with Gasteiger partial charge in [-0.25, -0.2) is 4.39 Å². The molecule has 0 radical (unpaired) electrons. The topological polar surface area (TPSA) is 40.5 Å². The zero-order valence-electron chi connectivity index (χ0n) is 9.60. The van der Waals surface area contributed by atoms with Crippen molar-refractivity contribution in [3.8, 4) is 0 Å². The molecule has 3 nitrogen and oxygen atoms in total. The number of hydrogen-bond donors (Lipinski definition) is 1. The molecule has 17 heavy (non-hydrogen) atoms. The van der Waals surface area contributed by atoms with Crippen molar-refractivity contribution in [3.63, 3.8) is 0 Å². The molecule has 2 rings (SSSR count). The number of halogens is 1. The highest BCUT2D eigenvalue weighted by atomic mass is 19.1. The number of rotatable bonds is 4. The molecule has 1 saturated heterocycles. The van der Waals surface area contributed by atoms with Gasteiger partial charge in [0.2, 0.25) is 0 Å². The van der Waals surface area contributed by atoms with Gasteiger partial charge in [-0.05, 0) is 43.5 Å². The lowest BCUT2D eigenvalue weighted by molar-refractivity contribution is -0.138. The van der Waals surface area contributed by atoms with Crippen LogP contribution in [0.15, 0.2) is 24.3 Å². The Bertz CT molecular complexity index is 408. The fourth-order valence-electron chi connectivity index (χ4n) is 2.44. The second-order valence-electron chi connectivity index (χ2n) is 4.49. The Morgan fingerprint density at radius 3 is 3.06 bits per heavy atom. The first-order chi connectivity index (χ1) is 8.15. The van der Waals surface area contributed by atoms with Gasteiger partial charge in [0, 0.05) is 6.04 Å². The van der Waals surface area contributed by atoms with Crippen LogP contribution in [0.4, 0.5) is 4.39 Å². The quantitative estimate of drug-likeness (QED) is 0.869. The van der Waals surface area contributed by atoms with Gasteiger partial charge in [-0.3, -0.25) is 9.69 Å². The van der Waals surface area contributed by atoms with E-state index < -0.39 is 5.97 Å². The average Bonchev–Trinajstić information content (AvgIpc) is 2.65. The molecule has 0 amide bonds. The van der Waals surface area contributed by atoms with Gasteiger partial charge in [0.05, 0.1) is 6.54 Å². The molecule has 1 fully saturated rings.